The van der Waals surface area contributed by atoms with Gasteiger partial charge in [0.05, 0.1) is 11.7 Å². The molecule has 2 aromatic rings. The average Bonchev–Trinajstić information content (AvgIpc) is 2.40. The summed E-state index contributed by atoms with van der Waals surface area (Å²) in [4.78, 5) is 4.53. The first-order valence-electron chi connectivity index (χ1n) is 6.61. The van der Waals surface area contributed by atoms with Gasteiger partial charge in [0.1, 0.15) is 5.82 Å². The summed E-state index contributed by atoms with van der Waals surface area (Å²) in [6, 6.07) is 12.9. The largest absolute Gasteiger partial charge is 0.309 e. The molecule has 19 heavy (non-hydrogen) atoms. The SMILES string of the molecule is CCNC(Cc1ccccc1F)c1cccc(C)n1. The zero-order valence-corrected chi connectivity index (χ0v) is 11.4. The molecule has 0 saturated carbocycles. The van der Waals surface area contributed by atoms with E-state index in [-0.39, 0.29) is 11.9 Å². The van der Waals surface area contributed by atoms with Crippen molar-refractivity contribution in [2.45, 2.75) is 26.3 Å². The Morgan fingerprint density at radius 3 is 2.63 bits per heavy atom. The Bertz CT molecular complexity index is 540. The van der Waals surface area contributed by atoms with E-state index in [0.717, 1.165) is 23.5 Å². The summed E-state index contributed by atoms with van der Waals surface area (Å²) in [6.45, 7) is 4.84. The predicted octanol–water partition coefficient (Wildman–Crippen LogP) is 3.42. The number of nitrogens with one attached hydrogen (secondary N) is 1. The fourth-order valence-electron chi connectivity index (χ4n) is 2.17. The molecule has 0 bridgehead atoms. The standard InChI is InChI=1S/C16H19FN2/c1-3-18-16(15-10-6-7-12(2)19-15)11-13-8-4-5-9-14(13)17/h4-10,16,18H,3,11H2,1-2H3. The summed E-state index contributed by atoms with van der Waals surface area (Å²) in [7, 11) is 0. The van der Waals surface area contributed by atoms with Gasteiger partial charge in [0.2, 0.25) is 0 Å². The van der Waals surface area contributed by atoms with Crippen LogP contribution in [-0.4, -0.2) is 11.5 Å². The van der Waals surface area contributed by atoms with E-state index < -0.39 is 0 Å². The van der Waals surface area contributed by atoms with Crippen LogP contribution in [0, 0.1) is 12.7 Å². The maximum Gasteiger partial charge on any atom is 0.126 e. The van der Waals surface area contributed by atoms with E-state index in [1.165, 1.54) is 6.07 Å². The minimum absolute atomic E-state index is 0.0433. The molecule has 3 heteroatoms. The molecule has 0 aliphatic carbocycles. The van der Waals surface area contributed by atoms with Gasteiger partial charge >= 0.3 is 0 Å². The zero-order chi connectivity index (χ0) is 13.7. The summed E-state index contributed by atoms with van der Waals surface area (Å²) < 4.78 is 13.7. The van der Waals surface area contributed by atoms with E-state index in [1.807, 2.05) is 44.2 Å². The van der Waals surface area contributed by atoms with Gasteiger partial charge in [-0.05, 0) is 43.7 Å². The molecule has 0 fully saturated rings. The van der Waals surface area contributed by atoms with Crippen LogP contribution in [0.25, 0.3) is 0 Å². The molecule has 0 radical (unpaired) electrons. The van der Waals surface area contributed by atoms with Crippen LogP contribution in [0.4, 0.5) is 4.39 Å². The minimum Gasteiger partial charge on any atom is -0.309 e. The van der Waals surface area contributed by atoms with Crippen molar-refractivity contribution < 1.29 is 4.39 Å². The molecule has 0 amide bonds. The van der Waals surface area contributed by atoms with Crippen molar-refractivity contribution >= 4 is 0 Å². The second-order valence-electron chi connectivity index (χ2n) is 4.61. The molecule has 0 aliphatic rings. The highest BCUT2D eigenvalue weighted by atomic mass is 19.1. The molecule has 1 aromatic heterocycles. The van der Waals surface area contributed by atoms with E-state index in [4.69, 9.17) is 0 Å². The lowest BCUT2D eigenvalue weighted by Crippen LogP contribution is -2.24. The normalized spacial score (nSPS) is 12.4. The second kappa shape index (κ2) is 6.43. The van der Waals surface area contributed by atoms with Crippen LogP contribution in [0.1, 0.15) is 29.9 Å². The lowest BCUT2D eigenvalue weighted by molar-refractivity contribution is 0.517. The monoisotopic (exact) mass is 258 g/mol. The number of nitrogens with zero attached hydrogens (tertiary/aromatic N) is 1. The molecule has 2 nitrogen and oxygen atoms in total. The summed E-state index contributed by atoms with van der Waals surface area (Å²) >= 11 is 0. The molecule has 100 valence electrons. The topological polar surface area (TPSA) is 24.9 Å². The van der Waals surface area contributed by atoms with E-state index in [2.05, 4.69) is 10.3 Å². The van der Waals surface area contributed by atoms with Crippen LogP contribution in [0.3, 0.4) is 0 Å². The van der Waals surface area contributed by atoms with E-state index in [1.54, 1.807) is 6.07 Å². The molecule has 1 heterocycles. The van der Waals surface area contributed by atoms with Crippen molar-refractivity contribution in [1.29, 1.82) is 0 Å². The lowest BCUT2D eigenvalue weighted by Gasteiger charge is -2.18. The summed E-state index contributed by atoms with van der Waals surface area (Å²) in [5.41, 5.74) is 2.66. The van der Waals surface area contributed by atoms with Gasteiger partial charge in [0, 0.05) is 5.69 Å². The van der Waals surface area contributed by atoms with E-state index in [9.17, 15) is 4.39 Å². The molecule has 0 aliphatic heterocycles. The Morgan fingerprint density at radius 1 is 1.16 bits per heavy atom. The molecule has 0 spiro atoms. The van der Waals surface area contributed by atoms with Crippen LogP contribution in [0.5, 0.6) is 0 Å². The fourth-order valence-corrected chi connectivity index (χ4v) is 2.17. The number of rotatable bonds is 5. The number of pyridine rings is 1. The molecule has 2 rings (SSSR count). The maximum absolute atomic E-state index is 13.7. The van der Waals surface area contributed by atoms with Gasteiger partial charge in [-0.3, -0.25) is 4.98 Å². The molecular weight excluding hydrogens is 239 g/mol. The van der Waals surface area contributed by atoms with Crippen molar-refractivity contribution in [3.8, 4) is 0 Å². The molecule has 1 unspecified atom stereocenters. The number of hydrogen-bond acceptors (Lipinski definition) is 2. The van der Waals surface area contributed by atoms with Crippen molar-refractivity contribution in [3.05, 3.63) is 65.2 Å². The Kier molecular flexibility index (Phi) is 4.63. The highest BCUT2D eigenvalue weighted by molar-refractivity contribution is 5.22. The van der Waals surface area contributed by atoms with Crippen LogP contribution < -0.4 is 5.32 Å². The number of likely N-dealkylation sites (N-methyl/N-ethyl adjacent to an activating group) is 1. The van der Waals surface area contributed by atoms with Crippen LogP contribution in [-0.2, 0) is 6.42 Å². The maximum atomic E-state index is 13.7. The fraction of sp³-hybridized carbons (Fsp3) is 0.312. The van der Waals surface area contributed by atoms with E-state index >= 15 is 0 Å². The highest BCUT2D eigenvalue weighted by Crippen LogP contribution is 2.19. The smallest absolute Gasteiger partial charge is 0.126 e. The summed E-state index contributed by atoms with van der Waals surface area (Å²) in [6.07, 6.45) is 0.608. The number of aryl methyl sites for hydroxylation is 1. The third-order valence-corrected chi connectivity index (χ3v) is 3.10. The Hall–Kier alpha value is -1.74. The molecule has 1 N–H and O–H groups in total. The molecular formula is C16H19FN2. The number of benzene rings is 1. The van der Waals surface area contributed by atoms with Gasteiger partial charge in [-0.1, -0.05) is 31.2 Å². The van der Waals surface area contributed by atoms with E-state index in [0.29, 0.717) is 6.42 Å². The first-order valence-corrected chi connectivity index (χ1v) is 6.61. The van der Waals surface area contributed by atoms with Crippen molar-refractivity contribution in [3.63, 3.8) is 0 Å². The Morgan fingerprint density at radius 2 is 1.95 bits per heavy atom. The highest BCUT2D eigenvalue weighted by Gasteiger charge is 2.14. The summed E-state index contributed by atoms with van der Waals surface area (Å²) in [5, 5.41) is 3.37. The predicted molar refractivity (Wildman–Crippen MR) is 75.5 cm³/mol. The number of aromatic nitrogens is 1. The van der Waals surface area contributed by atoms with Crippen molar-refractivity contribution in [2.24, 2.45) is 0 Å². The Balaban J connectivity index is 2.24. The average molecular weight is 258 g/mol. The second-order valence-corrected chi connectivity index (χ2v) is 4.61. The van der Waals surface area contributed by atoms with Gasteiger partial charge in [0.25, 0.3) is 0 Å². The molecule has 0 saturated heterocycles. The first-order chi connectivity index (χ1) is 9.20. The number of hydrogen-bond donors (Lipinski definition) is 1. The molecule has 1 atom stereocenters. The van der Waals surface area contributed by atoms with Crippen molar-refractivity contribution in [1.82, 2.24) is 10.3 Å². The van der Waals surface area contributed by atoms with Gasteiger partial charge in [0.15, 0.2) is 0 Å². The van der Waals surface area contributed by atoms with Crippen LogP contribution in [0.15, 0.2) is 42.5 Å². The zero-order valence-electron chi connectivity index (χ0n) is 11.4. The van der Waals surface area contributed by atoms with Crippen molar-refractivity contribution in [2.75, 3.05) is 6.54 Å². The van der Waals surface area contributed by atoms with Gasteiger partial charge in [-0.2, -0.15) is 0 Å². The molecule has 1 aromatic carbocycles. The van der Waals surface area contributed by atoms with Gasteiger partial charge in [-0.25, -0.2) is 4.39 Å². The lowest BCUT2D eigenvalue weighted by atomic mass is 10.0. The van der Waals surface area contributed by atoms with Gasteiger partial charge < -0.3 is 5.32 Å². The quantitative estimate of drug-likeness (QED) is 0.888. The Labute approximate surface area is 113 Å². The number of halogens is 1. The third kappa shape index (κ3) is 3.61. The minimum atomic E-state index is -0.155. The summed E-state index contributed by atoms with van der Waals surface area (Å²) in [5.74, 6) is -0.155. The van der Waals surface area contributed by atoms with Crippen LogP contribution in [0.2, 0.25) is 0 Å². The third-order valence-electron chi connectivity index (χ3n) is 3.10. The van der Waals surface area contributed by atoms with Gasteiger partial charge in [-0.15, -0.1) is 0 Å². The van der Waals surface area contributed by atoms with Crippen LogP contribution >= 0.6 is 0 Å². The first kappa shape index (κ1) is 13.7.